The number of halogens is 3. The standard InChI is InChI=1S/C22H21F3N6O2/c1-14-8-11-30(28-14)10-3-9-26-21(32)18-13-20-27-17(15-4-6-16(33-2)7-5-15)12-19(22(23,24)25)31(20)29-18/h4-8,11-13H,3,9-10H2,1-2H3,(H,26,32). The van der Waals surface area contributed by atoms with Gasteiger partial charge in [-0.05, 0) is 49.7 Å². The number of fused-ring (bicyclic) bond motifs is 1. The van der Waals surface area contributed by atoms with Gasteiger partial charge in [-0.15, -0.1) is 0 Å². The fourth-order valence-electron chi connectivity index (χ4n) is 3.32. The SMILES string of the molecule is COc1ccc(-c2cc(C(F)(F)F)n3nc(C(=O)NCCCn4ccc(C)n4)cc3n2)cc1. The van der Waals surface area contributed by atoms with Crippen LogP contribution in [0.3, 0.4) is 0 Å². The number of rotatable bonds is 7. The number of nitrogens with zero attached hydrogens (tertiary/aromatic N) is 5. The minimum atomic E-state index is -4.69. The van der Waals surface area contributed by atoms with Crippen molar-refractivity contribution in [2.45, 2.75) is 26.1 Å². The van der Waals surface area contributed by atoms with Gasteiger partial charge in [-0.3, -0.25) is 9.48 Å². The number of aromatic nitrogens is 5. The molecule has 0 aliphatic rings. The first-order valence-corrected chi connectivity index (χ1v) is 10.2. The number of nitrogens with one attached hydrogen (secondary N) is 1. The lowest BCUT2D eigenvalue weighted by Gasteiger charge is -2.11. The van der Waals surface area contributed by atoms with E-state index < -0.39 is 17.8 Å². The Labute approximate surface area is 187 Å². The van der Waals surface area contributed by atoms with Crippen molar-refractivity contribution in [3.05, 3.63) is 65.7 Å². The summed E-state index contributed by atoms with van der Waals surface area (Å²) in [6.07, 6.45) is -2.25. The molecule has 0 spiro atoms. The van der Waals surface area contributed by atoms with E-state index in [-0.39, 0.29) is 17.0 Å². The third-order valence-corrected chi connectivity index (χ3v) is 4.96. The van der Waals surface area contributed by atoms with E-state index in [0.717, 1.165) is 11.8 Å². The third kappa shape index (κ3) is 4.97. The molecule has 3 aromatic heterocycles. The van der Waals surface area contributed by atoms with Crippen molar-refractivity contribution in [2.24, 2.45) is 0 Å². The molecule has 4 rings (SSSR count). The van der Waals surface area contributed by atoms with Gasteiger partial charge in [0.2, 0.25) is 0 Å². The molecule has 11 heteroatoms. The van der Waals surface area contributed by atoms with Gasteiger partial charge in [0.25, 0.3) is 5.91 Å². The summed E-state index contributed by atoms with van der Waals surface area (Å²) >= 11 is 0. The lowest BCUT2D eigenvalue weighted by molar-refractivity contribution is -0.142. The molecule has 8 nitrogen and oxygen atoms in total. The van der Waals surface area contributed by atoms with Gasteiger partial charge >= 0.3 is 6.18 Å². The Bertz CT molecular complexity index is 1280. The highest BCUT2D eigenvalue weighted by atomic mass is 19.4. The predicted molar refractivity (Wildman–Crippen MR) is 114 cm³/mol. The highest BCUT2D eigenvalue weighted by molar-refractivity contribution is 5.93. The van der Waals surface area contributed by atoms with Crippen molar-refractivity contribution < 1.29 is 22.7 Å². The van der Waals surface area contributed by atoms with E-state index in [4.69, 9.17) is 4.74 Å². The summed E-state index contributed by atoms with van der Waals surface area (Å²) in [6, 6.07) is 10.5. The zero-order valence-electron chi connectivity index (χ0n) is 17.9. The Morgan fingerprint density at radius 2 is 1.88 bits per heavy atom. The first-order valence-electron chi connectivity index (χ1n) is 10.2. The minimum absolute atomic E-state index is 0.0761. The summed E-state index contributed by atoms with van der Waals surface area (Å²) in [6.45, 7) is 2.80. The molecule has 0 aliphatic heterocycles. The summed E-state index contributed by atoms with van der Waals surface area (Å²) in [7, 11) is 1.50. The van der Waals surface area contributed by atoms with Crippen LogP contribution < -0.4 is 10.1 Å². The number of hydrogen-bond donors (Lipinski definition) is 1. The van der Waals surface area contributed by atoms with Gasteiger partial charge in [0, 0.05) is 30.9 Å². The van der Waals surface area contributed by atoms with E-state index in [2.05, 4.69) is 20.5 Å². The smallest absolute Gasteiger partial charge is 0.433 e. The van der Waals surface area contributed by atoms with Crippen LogP contribution in [0.4, 0.5) is 13.2 Å². The van der Waals surface area contributed by atoms with Crippen molar-refractivity contribution in [1.82, 2.24) is 29.7 Å². The van der Waals surface area contributed by atoms with E-state index in [0.29, 0.717) is 35.3 Å². The summed E-state index contributed by atoms with van der Waals surface area (Å²) in [4.78, 5) is 16.8. The van der Waals surface area contributed by atoms with Crippen LogP contribution in [-0.2, 0) is 12.7 Å². The third-order valence-electron chi connectivity index (χ3n) is 4.96. The molecule has 0 atom stereocenters. The molecule has 0 unspecified atom stereocenters. The number of alkyl halides is 3. The zero-order chi connectivity index (χ0) is 23.6. The Kier molecular flexibility index (Phi) is 6.03. The van der Waals surface area contributed by atoms with Gasteiger partial charge in [0.05, 0.1) is 18.5 Å². The fraction of sp³-hybridized carbons (Fsp3) is 0.273. The van der Waals surface area contributed by atoms with Crippen molar-refractivity contribution in [1.29, 1.82) is 0 Å². The second-order valence-electron chi connectivity index (χ2n) is 7.38. The number of carbonyl (C=O) groups excluding carboxylic acids is 1. The van der Waals surface area contributed by atoms with Gasteiger partial charge in [-0.25, -0.2) is 9.50 Å². The number of ether oxygens (including phenoxy) is 1. The van der Waals surface area contributed by atoms with Crippen molar-refractivity contribution in [3.63, 3.8) is 0 Å². The Morgan fingerprint density at radius 3 is 2.52 bits per heavy atom. The second kappa shape index (κ2) is 8.93. The van der Waals surface area contributed by atoms with Crippen LogP contribution >= 0.6 is 0 Å². The lowest BCUT2D eigenvalue weighted by Crippen LogP contribution is -2.26. The monoisotopic (exact) mass is 458 g/mol. The number of amides is 1. The van der Waals surface area contributed by atoms with Crippen LogP contribution in [-0.4, -0.2) is 43.9 Å². The fourth-order valence-corrected chi connectivity index (χ4v) is 3.32. The maximum absolute atomic E-state index is 13.7. The van der Waals surface area contributed by atoms with Crippen molar-refractivity contribution >= 4 is 11.6 Å². The van der Waals surface area contributed by atoms with Crippen LogP contribution in [0, 0.1) is 6.92 Å². The first-order chi connectivity index (χ1) is 15.7. The maximum atomic E-state index is 13.7. The molecule has 1 N–H and O–H groups in total. The largest absolute Gasteiger partial charge is 0.497 e. The van der Waals surface area contributed by atoms with Gasteiger partial charge < -0.3 is 10.1 Å². The molecule has 0 fully saturated rings. The van der Waals surface area contributed by atoms with Crippen LogP contribution in [0.25, 0.3) is 16.9 Å². The number of hydrogen-bond acceptors (Lipinski definition) is 5. The normalized spacial score (nSPS) is 11.7. The number of aryl methyl sites for hydroxylation is 2. The summed E-state index contributed by atoms with van der Waals surface area (Å²) < 4.78 is 48.7. The minimum Gasteiger partial charge on any atom is -0.497 e. The summed E-state index contributed by atoms with van der Waals surface area (Å²) in [5.74, 6) is -0.00172. The number of benzene rings is 1. The molecule has 1 amide bonds. The molecular formula is C22H21F3N6O2. The zero-order valence-corrected chi connectivity index (χ0v) is 17.9. The van der Waals surface area contributed by atoms with E-state index >= 15 is 0 Å². The molecule has 0 aliphatic carbocycles. The molecule has 0 bridgehead atoms. The molecule has 0 saturated carbocycles. The van der Waals surface area contributed by atoms with Crippen LogP contribution in [0.5, 0.6) is 5.75 Å². The Balaban J connectivity index is 1.56. The van der Waals surface area contributed by atoms with Crippen LogP contribution in [0.1, 0.15) is 28.3 Å². The summed E-state index contributed by atoms with van der Waals surface area (Å²) in [5.41, 5.74) is 0.239. The quantitative estimate of drug-likeness (QED) is 0.427. The Morgan fingerprint density at radius 1 is 1.12 bits per heavy atom. The van der Waals surface area contributed by atoms with Gasteiger partial charge in [-0.2, -0.15) is 23.4 Å². The lowest BCUT2D eigenvalue weighted by atomic mass is 10.1. The molecule has 172 valence electrons. The molecular weight excluding hydrogens is 437 g/mol. The average Bonchev–Trinajstić information content (AvgIpc) is 3.41. The molecule has 4 aromatic rings. The topological polar surface area (TPSA) is 86.3 Å². The van der Waals surface area contributed by atoms with Crippen molar-refractivity contribution in [2.75, 3.05) is 13.7 Å². The molecule has 33 heavy (non-hydrogen) atoms. The Hall–Kier alpha value is -3.89. The summed E-state index contributed by atoms with van der Waals surface area (Å²) in [5, 5.41) is 10.8. The molecule has 0 saturated heterocycles. The predicted octanol–water partition coefficient (Wildman–Crippen LogP) is 3.75. The molecule has 1 aromatic carbocycles. The van der Waals surface area contributed by atoms with Crippen LogP contribution in [0.2, 0.25) is 0 Å². The van der Waals surface area contributed by atoms with Gasteiger partial charge in [-0.1, -0.05) is 0 Å². The van der Waals surface area contributed by atoms with E-state index in [1.807, 2.05) is 19.2 Å². The number of carbonyl (C=O) groups is 1. The van der Waals surface area contributed by atoms with Gasteiger partial charge in [0.15, 0.2) is 17.0 Å². The second-order valence-corrected chi connectivity index (χ2v) is 7.38. The van der Waals surface area contributed by atoms with Gasteiger partial charge in [0.1, 0.15) is 5.75 Å². The molecule has 0 radical (unpaired) electrons. The van der Waals surface area contributed by atoms with Crippen LogP contribution in [0.15, 0.2) is 48.7 Å². The van der Waals surface area contributed by atoms with E-state index in [1.54, 1.807) is 28.9 Å². The first kappa shape index (κ1) is 22.3. The van der Waals surface area contributed by atoms with E-state index in [1.165, 1.54) is 13.2 Å². The highest BCUT2D eigenvalue weighted by Crippen LogP contribution is 2.32. The molecule has 3 heterocycles. The number of methoxy groups -OCH3 is 1. The maximum Gasteiger partial charge on any atom is 0.433 e. The highest BCUT2D eigenvalue weighted by Gasteiger charge is 2.35. The average molecular weight is 458 g/mol. The van der Waals surface area contributed by atoms with E-state index in [9.17, 15) is 18.0 Å². The van der Waals surface area contributed by atoms with Crippen molar-refractivity contribution in [3.8, 4) is 17.0 Å².